The van der Waals surface area contributed by atoms with Crippen LogP contribution in [0.3, 0.4) is 0 Å². The van der Waals surface area contributed by atoms with Crippen LogP contribution in [-0.4, -0.2) is 5.78 Å². The van der Waals surface area contributed by atoms with Gasteiger partial charge in [0.25, 0.3) is 0 Å². The first-order valence-corrected chi connectivity index (χ1v) is 6.71. The average Bonchev–Trinajstić information content (AvgIpc) is 2.49. The highest BCUT2D eigenvalue weighted by Gasteiger charge is 2.27. The zero-order valence-corrected chi connectivity index (χ0v) is 10.8. The van der Waals surface area contributed by atoms with Gasteiger partial charge in [0.05, 0.1) is 0 Å². The molecule has 2 aromatic rings. The van der Waals surface area contributed by atoms with Gasteiger partial charge in [-0.2, -0.15) is 0 Å². The van der Waals surface area contributed by atoms with E-state index in [0.717, 1.165) is 29.5 Å². The SMILES string of the molecule is O=C1C(c2ccccc2)=CCCC1c1ccccc1. The molecule has 0 amide bonds. The third-order valence-electron chi connectivity index (χ3n) is 3.67. The molecule has 0 saturated heterocycles. The van der Waals surface area contributed by atoms with Crippen molar-refractivity contribution in [1.82, 2.24) is 0 Å². The minimum Gasteiger partial charge on any atom is -0.293 e. The van der Waals surface area contributed by atoms with Crippen molar-refractivity contribution in [2.45, 2.75) is 18.8 Å². The van der Waals surface area contributed by atoms with Crippen molar-refractivity contribution < 1.29 is 4.79 Å². The standard InChI is InChI=1S/C18H16O/c19-18-16(14-8-3-1-4-9-14)12-7-13-17(18)15-10-5-2-6-11-15/h1-6,8-12,17H,7,13H2. The Labute approximate surface area is 113 Å². The van der Waals surface area contributed by atoms with Crippen molar-refractivity contribution in [2.24, 2.45) is 0 Å². The Hall–Kier alpha value is -2.15. The topological polar surface area (TPSA) is 17.1 Å². The molecule has 1 atom stereocenters. The molecule has 1 nitrogen and oxygen atoms in total. The number of ketones is 1. The Morgan fingerprint density at radius 2 is 1.47 bits per heavy atom. The summed E-state index contributed by atoms with van der Waals surface area (Å²) in [7, 11) is 0. The lowest BCUT2D eigenvalue weighted by molar-refractivity contribution is -0.115. The van der Waals surface area contributed by atoms with Crippen LogP contribution in [0.25, 0.3) is 5.57 Å². The summed E-state index contributed by atoms with van der Waals surface area (Å²) in [6, 6.07) is 20.1. The second-order valence-electron chi connectivity index (χ2n) is 4.89. The fraction of sp³-hybridized carbons (Fsp3) is 0.167. The predicted octanol–water partition coefficient (Wildman–Crippen LogP) is 4.22. The van der Waals surface area contributed by atoms with Gasteiger partial charge in [-0.3, -0.25) is 4.79 Å². The van der Waals surface area contributed by atoms with Crippen molar-refractivity contribution in [1.29, 1.82) is 0 Å². The first kappa shape index (κ1) is 11.9. The van der Waals surface area contributed by atoms with E-state index in [9.17, 15) is 4.79 Å². The molecule has 1 aliphatic rings. The molecule has 94 valence electrons. The number of rotatable bonds is 2. The van der Waals surface area contributed by atoms with Crippen LogP contribution in [-0.2, 0) is 4.79 Å². The zero-order chi connectivity index (χ0) is 13.1. The van der Waals surface area contributed by atoms with Crippen LogP contribution >= 0.6 is 0 Å². The van der Waals surface area contributed by atoms with Crippen molar-refractivity contribution in [3.8, 4) is 0 Å². The van der Waals surface area contributed by atoms with Crippen molar-refractivity contribution in [3.05, 3.63) is 77.9 Å². The monoisotopic (exact) mass is 248 g/mol. The summed E-state index contributed by atoms with van der Waals surface area (Å²) in [6.07, 6.45) is 3.96. The molecule has 0 aliphatic heterocycles. The van der Waals surface area contributed by atoms with Gasteiger partial charge in [0.15, 0.2) is 5.78 Å². The van der Waals surface area contributed by atoms with E-state index in [4.69, 9.17) is 0 Å². The largest absolute Gasteiger partial charge is 0.293 e. The van der Waals surface area contributed by atoms with Gasteiger partial charge in [0.1, 0.15) is 0 Å². The predicted molar refractivity (Wildman–Crippen MR) is 77.8 cm³/mol. The third kappa shape index (κ3) is 2.37. The first-order chi connectivity index (χ1) is 9.36. The molecule has 0 radical (unpaired) electrons. The van der Waals surface area contributed by atoms with Crippen LogP contribution in [0.4, 0.5) is 0 Å². The van der Waals surface area contributed by atoms with E-state index in [1.165, 1.54) is 0 Å². The number of hydrogen-bond acceptors (Lipinski definition) is 1. The summed E-state index contributed by atoms with van der Waals surface area (Å²) in [4.78, 5) is 12.7. The molecule has 1 unspecified atom stereocenters. The van der Waals surface area contributed by atoms with Gasteiger partial charge in [0, 0.05) is 11.5 Å². The van der Waals surface area contributed by atoms with E-state index >= 15 is 0 Å². The van der Waals surface area contributed by atoms with Crippen LogP contribution in [0.1, 0.15) is 29.9 Å². The van der Waals surface area contributed by atoms with Gasteiger partial charge in [-0.05, 0) is 24.0 Å². The molecule has 0 bridgehead atoms. The third-order valence-corrected chi connectivity index (χ3v) is 3.67. The average molecular weight is 248 g/mol. The molecular weight excluding hydrogens is 232 g/mol. The highest BCUT2D eigenvalue weighted by Crippen LogP contribution is 2.33. The number of carbonyl (C=O) groups excluding carboxylic acids is 1. The lowest BCUT2D eigenvalue weighted by Crippen LogP contribution is -2.17. The Morgan fingerprint density at radius 1 is 0.842 bits per heavy atom. The van der Waals surface area contributed by atoms with Gasteiger partial charge in [-0.25, -0.2) is 0 Å². The second-order valence-corrected chi connectivity index (χ2v) is 4.89. The molecule has 0 aromatic heterocycles. The molecule has 0 saturated carbocycles. The molecule has 1 heteroatoms. The second kappa shape index (κ2) is 5.23. The Kier molecular flexibility index (Phi) is 3.28. The normalized spacial score (nSPS) is 19.1. The van der Waals surface area contributed by atoms with Gasteiger partial charge >= 0.3 is 0 Å². The van der Waals surface area contributed by atoms with Gasteiger partial charge in [0.2, 0.25) is 0 Å². The molecule has 0 heterocycles. The smallest absolute Gasteiger partial charge is 0.170 e. The highest BCUT2D eigenvalue weighted by molar-refractivity contribution is 6.24. The zero-order valence-electron chi connectivity index (χ0n) is 10.8. The fourth-order valence-corrected chi connectivity index (χ4v) is 2.69. The maximum Gasteiger partial charge on any atom is 0.170 e. The summed E-state index contributed by atoms with van der Waals surface area (Å²) < 4.78 is 0. The summed E-state index contributed by atoms with van der Waals surface area (Å²) in [5.74, 6) is 0.269. The van der Waals surface area contributed by atoms with Crippen LogP contribution in [0.5, 0.6) is 0 Å². The molecule has 0 N–H and O–H groups in total. The van der Waals surface area contributed by atoms with E-state index in [2.05, 4.69) is 18.2 Å². The molecule has 19 heavy (non-hydrogen) atoms. The number of carbonyl (C=O) groups is 1. The summed E-state index contributed by atoms with van der Waals surface area (Å²) in [5, 5.41) is 0. The van der Waals surface area contributed by atoms with Crippen molar-refractivity contribution in [3.63, 3.8) is 0 Å². The van der Waals surface area contributed by atoms with E-state index in [1.54, 1.807) is 0 Å². The maximum atomic E-state index is 12.7. The van der Waals surface area contributed by atoms with Crippen LogP contribution < -0.4 is 0 Å². The minimum absolute atomic E-state index is 0.0152. The Balaban J connectivity index is 1.94. The van der Waals surface area contributed by atoms with Crippen LogP contribution in [0.15, 0.2) is 66.7 Å². The van der Waals surface area contributed by atoms with E-state index in [-0.39, 0.29) is 11.7 Å². The lowest BCUT2D eigenvalue weighted by atomic mass is 9.80. The van der Waals surface area contributed by atoms with Gasteiger partial charge < -0.3 is 0 Å². The van der Waals surface area contributed by atoms with Gasteiger partial charge in [-0.1, -0.05) is 66.7 Å². The number of allylic oxidation sites excluding steroid dienone is 2. The van der Waals surface area contributed by atoms with E-state index in [1.807, 2.05) is 48.5 Å². The molecule has 1 aliphatic carbocycles. The van der Waals surface area contributed by atoms with Gasteiger partial charge in [-0.15, -0.1) is 0 Å². The molecule has 0 fully saturated rings. The molecule has 3 rings (SSSR count). The number of Topliss-reactive ketones (excluding diaryl/α,β-unsaturated/α-hetero) is 1. The Morgan fingerprint density at radius 3 is 2.16 bits per heavy atom. The first-order valence-electron chi connectivity index (χ1n) is 6.71. The van der Waals surface area contributed by atoms with Crippen molar-refractivity contribution >= 4 is 11.4 Å². The maximum absolute atomic E-state index is 12.7. The summed E-state index contributed by atoms with van der Waals surface area (Å²) in [6.45, 7) is 0. The molecule has 2 aromatic carbocycles. The Bertz CT molecular complexity index is 596. The fourth-order valence-electron chi connectivity index (χ4n) is 2.69. The summed E-state index contributed by atoms with van der Waals surface area (Å²) in [5.41, 5.74) is 3.04. The minimum atomic E-state index is 0.0152. The molecular formula is C18H16O. The van der Waals surface area contributed by atoms with Crippen LogP contribution in [0, 0.1) is 0 Å². The molecule has 0 spiro atoms. The number of benzene rings is 2. The highest BCUT2D eigenvalue weighted by atomic mass is 16.1. The van der Waals surface area contributed by atoms with E-state index < -0.39 is 0 Å². The van der Waals surface area contributed by atoms with Crippen molar-refractivity contribution in [2.75, 3.05) is 0 Å². The lowest BCUT2D eigenvalue weighted by Gasteiger charge is -2.22. The summed E-state index contributed by atoms with van der Waals surface area (Å²) >= 11 is 0. The van der Waals surface area contributed by atoms with E-state index in [0.29, 0.717) is 0 Å². The quantitative estimate of drug-likeness (QED) is 0.777. The van der Waals surface area contributed by atoms with Crippen LogP contribution in [0.2, 0.25) is 0 Å². The number of hydrogen-bond donors (Lipinski definition) is 0.